The molecule has 0 saturated carbocycles. The fraction of sp³-hybridized carbons (Fsp3) is 0.786. The highest BCUT2D eigenvalue weighted by Crippen LogP contribution is 2.11. The van der Waals surface area contributed by atoms with Gasteiger partial charge in [0, 0.05) is 19.1 Å². The van der Waals surface area contributed by atoms with E-state index in [0.29, 0.717) is 30.6 Å². The van der Waals surface area contributed by atoms with Gasteiger partial charge in [0.2, 0.25) is 11.9 Å². The predicted molar refractivity (Wildman–Crippen MR) is 86.0 cm³/mol. The van der Waals surface area contributed by atoms with Crippen molar-refractivity contribution < 1.29 is 4.74 Å². The van der Waals surface area contributed by atoms with Crippen LogP contribution in [0, 0.1) is 0 Å². The number of ether oxygens (including phenoxy) is 1. The second-order valence-electron chi connectivity index (χ2n) is 5.08. The Kier molecular flexibility index (Phi) is 7.74. The lowest BCUT2D eigenvalue weighted by Crippen LogP contribution is -2.28. The predicted octanol–water partition coefficient (Wildman–Crippen LogP) is 1.84. The Bertz CT molecular complexity index is 388. The minimum atomic E-state index is 0.352. The molecule has 21 heavy (non-hydrogen) atoms. The summed E-state index contributed by atoms with van der Waals surface area (Å²) in [7, 11) is 2.13. The molecule has 1 aromatic rings. The molecule has 1 rings (SSSR count). The molecule has 0 fully saturated rings. The maximum atomic E-state index is 5.36. The Morgan fingerprint density at radius 1 is 1.10 bits per heavy atom. The Hall–Kier alpha value is -1.63. The summed E-state index contributed by atoms with van der Waals surface area (Å²) in [4.78, 5) is 15.1. The summed E-state index contributed by atoms with van der Waals surface area (Å²) in [6.07, 6.45) is 1.03. The molecule has 0 unspecified atom stereocenters. The molecular formula is C14H28N6O. The lowest BCUT2D eigenvalue weighted by atomic mass is 10.3. The van der Waals surface area contributed by atoms with E-state index in [1.807, 2.05) is 13.8 Å². The molecule has 0 saturated heterocycles. The van der Waals surface area contributed by atoms with Gasteiger partial charge >= 0.3 is 6.01 Å². The highest BCUT2D eigenvalue weighted by atomic mass is 16.5. The zero-order valence-corrected chi connectivity index (χ0v) is 13.8. The highest BCUT2D eigenvalue weighted by Gasteiger charge is 2.07. The van der Waals surface area contributed by atoms with Crippen LogP contribution in [0.15, 0.2) is 0 Å². The van der Waals surface area contributed by atoms with Crippen molar-refractivity contribution in [1.29, 1.82) is 0 Å². The number of hydrogen-bond acceptors (Lipinski definition) is 7. The van der Waals surface area contributed by atoms with Crippen LogP contribution >= 0.6 is 0 Å². The number of anilines is 2. The molecule has 1 aromatic heterocycles. The Labute approximate surface area is 127 Å². The first-order valence-electron chi connectivity index (χ1n) is 7.63. The van der Waals surface area contributed by atoms with Crippen LogP contribution in [-0.2, 0) is 0 Å². The van der Waals surface area contributed by atoms with Crippen molar-refractivity contribution in [3.05, 3.63) is 0 Å². The molecule has 2 N–H and O–H groups in total. The van der Waals surface area contributed by atoms with Gasteiger partial charge in [0.15, 0.2) is 0 Å². The summed E-state index contributed by atoms with van der Waals surface area (Å²) in [5, 5.41) is 6.31. The number of hydrogen-bond donors (Lipinski definition) is 2. The molecule has 0 amide bonds. The summed E-state index contributed by atoms with van der Waals surface area (Å²) in [6, 6.07) is 0.914. The van der Waals surface area contributed by atoms with Gasteiger partial charge in [0.25, 0.3) is 0 Å². The van der Waals surface area contributed by atoms with Crippen molar-refractivity contribution in [3.63, 3.8) is 0 Å². The van der Waals surface area contributed by atoms with E-state index >= 15 is 0 Å². The normalized spacial score (nSPS) is 11.0. The van der Waals surface area contributed by atoms with Crippen molar-refractivity contribution >= 4 is 11.9 Å². The van der Waals surface area contributed by atoms with E-state index in [1.54, 1.807) is 0 Å². The zero-order valence-electron chi connectivity index (χ0n) is 13.8. The standard InChI is InChI=1S/C14H28N6O/c1-6-15-12-17-13(19-14(18-12)21-7-2)16-9-8-10-20(5)11(3)4/h11H,6-10H2,1-5H3,(H2,15,16,17,18,19). The average molecular weight is 296 g/mol. The van der Waals surface area contributed by atoms with Crippen molar-refractivity contribution in [2.75, 3.05) is 43.9 Å². The topological polar surface area (TPSA) is 75.2 Å². The molecule has 0 radical (unpaired) electrons. The van der Waals surface area contributed by atoms with E-state index in [1.165, 1.54) is 0 Å². The molecular weight excluding hydrogens is 268 g/mol. The van der Waals surface area contributed by atoms with Crippen LogP contribution in [0.2, 0.25) is 0 Å². The van der Waals surface area contributed by atoms with Gasteiger partial charge in [-0.05, 0) is 47.7 Å². The van der Waals surface area contributed by atoms with Crippen molar-refractivity contribution in [1.82, 2.24) is 19.9 Å². The van der Waals surface area contributed by atoms with E-state index in [9.17, 15) is 0 Å². The molecule has 0 atom stereocenters. The van der Waals surface area contributed by atoms with Gasteiger partial charge in [-0.2, -0.15) is 15.0 Å². The Morgan fingerprint density at radius 2 is 1.76 bits per heavy atom. The summed E-state index contributed by atoms with van der Waals surface area (Å²) in [5.74, 6) is 1.09. The average Bonchev–Trinajstić information content (AvgIpc) is 2.44. The third-order valence-corrected chi connectivity index (χ3v) is 3.08. The lowest BCUT2D eigenvalue weighted by Gasteiger charge is -2.20. The number of aromatic nitrogens is 3. The van der Waals surface area contributed by atoms with Gasteiger partial charge in [-0.25, -0.2) is 0 Å². The fourth-order valence-corrected chi connectivity index (χ4v) is 1.65. The number of nitrogens with one attached hydrogen (secondary N) is 2. The van der Waals surface area contributed by atoms with Gasteiger partial charge in [-0.15, -0.1) is 0 Å². The van der Waals surface area contributed by atoms with Crippen LogP contribution < -0.4 is 15.4 Å². The molecule has 120 valence electrons. The van der Waals surface area contributed by atoms with Crippen molar-refractivity contribution in [2.45, 2.75) is 40.2 Å². The largest absolute Gasteiger partial charge is 0.464 e. The molecule has 0 aliphatic heterocycles. The quantitative estimate of drug-likeness (QED) is 0.638. The van der Waals surface area contributed by atoms with Crippen LogP contribution in [0.3, 0.4) is 0 Å². The smallest absolute Gasteiger partial charge is 0.323 e. The third-order valence-electron chi connectivity index (χ3n) is 3.08. The molecule has 0 aromatic carbocycles. The first-order chi connectivity index (χ1) is 10.1. The van der Waals surface area contributed by atoms with E-state index in [-0.39, 0.29) is 0 Å². The minimum absolute atomic E-state index is 0.352. The van der Waals surface area contributed by atoms with Crippen LogP contribution in [-0.4, -0.2) is 59.2 Å². The van der Waals surface area contributed by atoms with E-state index in [0.717, 1.165) is 26.1 Å². The van der Waals surface area contributed by atoms with Gasteiger partial charge < -0.3 is 20.3 Å². The zero-order chi connectivity index (χ0) is 15.7. The molecule has 7 nitrogen and oxygen atoms in total. The summed E-state index contributed by atoms with van der Waals surface area (Å²) < 4.78 is 5.36. The van der Waals surface area contributed by atoms with Crippen LogP contribution in [0.1, 0.15) is 34.1 Å². The molecule has 0 aliphatic rings. The SMILES string of the molecule is CCNc1nc(NCCCN(C)C(C)C)nc(OCC)n1. The van der Waals surface area contributed by atoms with E-state index in [2.05, 4.69) is 51.4 Å². The number of nitrogens with zero attached hydrogens (tertiary/aromatic N) is 4. The maximum Gasteiger partial charge on any atom is 0.323 e. The molecule has 7 heteroatoms. The maximum absolute atomic E-state index is 5.36. The fourth-order valence-electron chi connectivity index (χ4n) is 1.65. The third kappa shape index (κ3) is 6.57. The minimum Gasteiger partial charge on any atom is -0.464 e. The molecule has 0 spiro atoms. The van der Waals surface area contributed by atoms with Gasteiger partial charge in [0.05, 0.1) is 6.61 Å². The van der Waals surface area contributed by atoms with Gasteiger partial charge in [-0.3, -0.25) is 0 Å². The van der Waals surface area contributed by atoms with E-state index in [4.69, 9.17) is 4.74 Å². The Balaban J connectivity index is 2.52. The summed E-state index contributed by atoms with van der Waals surface area (Å²) in [6.45, 7) is 11.4. The molecule has 0 aliphatic carbocycles. The van der Waals surface area contributed by atoms with Crippen molar-refractivity contribution in [2.24, 2.45) is 0 Å². The van der Waals surface area contributed by atoms with Crippen LogP contribution in [0.4, 0.5) is 11.9 Å². The molecule has 0 bridgehead atoms. The lowest BCUT2D eigenvalue weighted by molar-refractivity contribution is 0.273. The first-order valence-corrected chi connectivity index (χ1v) is 7.63. The second kappa shape index (κ2) is 9.33. The molecule has 1 heterocycles. The van der Waals surface area contributed by atoms with Gasteiger partial charge in [-0.1, -0.05) is 0 Å². The van der Waals surface area contributed by atoms with Gasteiger partial charge in [0.1, 0.15) is 0 Å². The second-order valence-corrected chi connectivity index (χ2v) is 5.08. The monoisotopic (exact) mass is 296 g/mol. The van der Waals surface area contributed by atoms with Crippen molar-refractivity contribution in [3.8, 4) is 6.01 Å². The Morgan fingerprint density at radius 3 is 2.33 bits per heavy atom. The number of rotatable bonds is 10. The first kappa shape index (κ1) is 17.4. The summed E-state index contributed by atoms with van der Waals surface area (Å²) >= 11 is 0. The summed E-state index contributed by atoms with van der Waals surface area (Å²) in [5.41, 5.74) is 0. The highest BCUT2D eigenvalue weighted by molar-refractivity contribution is 5.35. The van der Waals surface area contributed by atoms with Crippen LogP contribution in [0.25, 0.3) is 0 Å². The van der Waals surface area contributed by atoms with E-state index < -0.39 is 0 Å². The van der Waals surface area contributed by atoms with Crippen LogP contribution in [0.5, 0.6) is 6.01 Å².